The van der Waals surface area contributed by atoms with Crippen molar-refractivity contribution in [1.82, 2.24) is 20.2 Å². The third-order valence-electron chi connectivity index (χ3n) is 3.06. The first kappa shape index (κ1) is 12.8. The number of tetrazole rings is 1. The molecule has 2 heterocycles. The lowest BCUT2D eigenvalue weighted by atomic mass is 10.2. The molecule has 5 nitrogen and oxygen atoms in total. The van der Waals surface area contributed by atoms with Gasteiger partial charge in [-0.3, -0.25) is 0 Å². The Hall–Kier alpha value is -2.21. The van der Waals surface area contributed by atoms with Crippen molar-refractivity contribution in [2.24, 2.45) is 0 Å². The van der Waals surface area contributed by atoms with E-state index in [0.29, 0.717) is 0 Å². The van der Waals surface area contributed by atoms with Gasteiger partial charge in [-0.15, -0.1) is 16.4 Å². The zero-order valence-electron chi connectivity index (χ0n) is 11.3. The van der Waals surface area contributed by atoms with Crippen molar-refractivity contribution < 1.29 is 0 Å². The molecule has 2 aromatic heterocycles. The van der Waals surface area contributed by atoms with Crippen LogP contribution in [-0.4, -0.2) is 20.2 Å². The summed E-state index contributed by atoms with van der Waals surface area (Å²) in [7, 11) is 0. The minimum atomic E-state index is 0.242. The van der Waals surface area contributed by atoms with Crippen LogP contribution >= 0.6 is 11.3 Å². The highest BCUT2D eigenvalue weighted by Gasteiger charge is 2.11. The summed E-state index contributed by atoms with van der Waals surface area (Å²) in [5, 5.41) is 14.8. The van der Waals surface area contributed by atoms with E-state index in [0.717, 1.165) is 11.4 Å². The maximum absolute atomic E-state index is 3.95. The quantitative estimate of drug-likeness (QED) is 0.799. The van der Waals surface area contributed by atoms with E-state index in [1.807, 2.05) is 35.6 Å². The Morgan fingerprint density at radius 1 is 1.20 bits per heavy atom. The Morgan fingerprint density at radius 2 is 2.05 bits per heavy atom. The highest BCUT2D eigenvalue weighted by molar-refractivity contribution is 7.12. The van der Waals surface area contributed by atoms with Crippen LogP contribution in [0, 0.1) is 6.92 Å². The van der Waals surface area contributed by atoms with Crippen LogP contribution in [0.4, 0.5) is 5.69 Å². The minimum Gasteiger partial charge on any atom is -0.376 e. The first-order chi connectivity index (χ1) is 9.74. The average Bonchev–Trinajstić information content (AvgIpc) is 3.10. The second-order valence-corrected chi connectivity index (χ2v) is 5.91. The Morgan fingerprint density at radius 3 is 2.75 bits per heavy atom. The molecule has 1 atom stereocenters. The number of benzene rings is 1. The van der Waals surface area contributed by atoms with E-state index in [1.165, 1.54) is 9.75 Å². The maximum Gasteiger partial charge on any atom is 0.143 e. The molecule has 6 heteroatoms. The summed E-state index contributed by atoms with van der Waals surface area (Å²) in [6.07, 6.45) is 1.60. The Kier molecular flexibility index (Phi) is 3.47. The molecule has 0 fully saturated rings. The van der Waals surface area contributed by atoms with Crippen molar-refractivity contribution in [2.75, 3.05) is 5.32 Å². The summed E-state index contributed by atoms with van der Waals surface area (Å²) in [4.78, 5) is 2.64. The molecule has 3 rings (SSSR count). The smallest absolute Gasteiger partial charge is 0.143 e. The molecule has 3 aromatic rings. The molecule has 1 aromatic carbocycles. The van der Waals surface area contributed by atoms with Crippen LogP contribution in [0.3, 0.4) is 0 Å². The normalized spacial score (nSPS) is 12.3. The fourth-order valence-electron chi connectivity index (χ4n) is 2.06. The van der Waals surface area contributed by atoms with Gasteiger partial charge in [0.1, 0.15) is 6.33 Å². The van der Waals surface area contributed by atoms with Gasteiger partial charge in [0.05, 0.1) is 17.4 Å². The lowest BCUT2D eigenvalue weighted by Crippen LogP contribution is -2.08. The molecule has 0 spiro atoms. The largest absolute Gasteiger partial charge is 0.376 e. The number of hydrogen-bond donors (Lipinski definition) is 1. The van der Waals surface area contributed by atoms with Gasteiger partial charge in [0.25, 0.3) is 0 Å². The van der Waals surface area contributed by atoms with Crippen LogP contribution in [-0.2, 0) is 0 Å². The first-order valence-corrected chi connectivity index (χ1v) is 7.21. The van der Waals surface area contributed by atoms with Gasteiger partial charge in [-0.1, -0.05) is 12.1 Å². The monoisotopic (exact) mass is 285 g/mol. The predicted octanol–water partition coefficient (Wildman–Crippen LogP) is 3.21. The second kappa shape index (κ2) is 5.42. The zero-order valence-corrected chi connectivity index (χ0v) is 12.1. The topological polar surface area (TPSA) is 55.6 Å². The molecule has 0 bridgehead atoms. The van der Waals surface area contributed by atoms with Crippen LogP contribution < -0.4 is 5.32 Å². The van der Waals surface area contributed by atoms with E-state index in [4.69, 9.17) is 0 Å². The van der Waals surface area contributed by atoms with Gasteiger partial charge >= 0.3 is 0 Å². The SMILES string of the molecule is Cc1ccc(C(C)Nc2ccccc2-n2cnnn2)s1. The molecule has 1 unspecified atom stereocenters. The van der Waals surface area contributed by atoms with Crippen LogP contribution in [0.15, 0.2) is 42.7 Å². The lowest BCUT2D eigenvalue weighted by molar-refractivity contribution is 0.786. The summed E-state index contributed by atoms with van der Waals surface area (Å²) in [5.74, 6) is 0. The fourth-order valence-corrected chi connectivity index (χ4v) is 2.94. The number of aryl methyl sites for hydroxylation is 1. The van der Waals surface area contributed by atoms with Crippen LogP contribution in [0.25, 0.3) is 5.69 Å². The molecule has 20 heavy (non-hydrogen) atoms. The summed E-state index contributed by atoms with van der Waals surface area (Å²) >= 11 is 1.81. The third-order valence-corrected chi connectivity index (χ3v) is 4.24. The Bertz CT molecular complexity index is 689. The number of anilines is 1. The summed E-state index contributed by atoms with van der Waals surface area (Å²) in [6.45, 7) is 4.28. The van der Waals surface area contributed by atoms with Crippen molar-refractivity contribution in [1.29, 1.82) is 0 Å². The van der Waals surface area contributed by atoms with Gasteiger partial charge in [0.2, 0.25) is 0 Å². The van der Waals surface area contributed by atoms with Crippen molar-refractivity contribution >= 4 is 17.0 Å². The van der Waals surface area contributed by atoms with Gasteiger partial charge < -0.3 is 5.32 Å². The number of nitrogens with zero attached hydrogens (tertiary/aromatic N) is 4. The summed E-state index contributed by atoms with van der Waals surface area (Å²) in [5.41, 5.74) is 1.95. The second-order valence-electron chi connectivity index (χ2n) is 4.59. The van der Waals surface area contributed by atoms with Crippen LogP contribution in [0.2, 0.25) is 0 Å². The van der Waals surface area contributed by atoms with E-state index in [2.05, 4.69) is 46.8 Å². The van der Waals surface area contributed by atoms with Crippen LogP contribution in [0.5, 0.6) is 0 Å². The molecular formula is C14H15N5S. The minimum absolute atomic E-state index is 0.242. The molecule has 0 aliphatic rings. The number of thiophene rings is 1. The summed E-state index contributed by atoms with van der Waals surface area (Å²) < 4.78 is 1.66. The highest BCUT2D eigenvalue weighted by atomic mass is 32.1. The third kappa shape index (κ3) is 2.55. The van der Waals surface area contributed by atoms with E-state index >= 15 is 0 Å². The van der Waals surface area contributed by atoms with Gasteiger partial charge in [-0.05, 0) is 48.5 Å². The van der Waals surface area contributed by atoms with Crippen molar-refractivity contribution in [3.63, 3.8) is 0 Å². The average molecular weight is 285 g/mol. The van der Waals surface area contributed by atoms with Gasteiger partial charge in [-0.2, -0.15) is 4.68 Å². The molecule has 0 amide bonds. The zero-order chi connectivity index (χ0) is 13.9. The van der Waals surface area contributed by atoms with Crippen molar-refractivity contribution in [2.45, 2.75) is 19.9 Å². The van der Waals surface area contributed by atoms with Crippen LogP contribution in [0.1, 0.15) is 22.7 Å². The van der Waals surface area contributed by atoms with E-state index in [9.17, 15) is 0 Å². The fraction of sp³-hybridized carbons (Fsp3) is 0.214. The van der Waals surface area contributed by atoms with E-state index < -0.39 is 0 Å². The number of para-hydroxylation sites is 2. The molecule has 0 saturated carbocycles. The lowest BCUT2D eigenvalue weighted by Gasteiger charge is -2.16. The highest BCUT2D eigenvalue weighted by Crippen LogP contribution is 2.28. The first-order valence-electron chi connectivity index (χ1n) is 6.39. The molecular weight excluding hydrogens is 270 g/mol. The van der Waals surface area contributed by atoms with E-state index in [1.54, 1.807) is 11.0 Å². The number of hydrogen-bond acceptors (Lipinski definition) is 5. The van der Waals surface area contributed by atoms with Gasteiger partial charge in [0.15, 0.2) is 0 Å². The van der Waals surface area contributed by atoms with Gasteiger partial charge in [0, 0.05) is 9.75 Å². The number of rotatable bonds is 4. The molecule has 0 saturated heterocycles. The number of nitrogens with one attached hydrogen (secondary N) is 1. The molecule has 1 N–H and O–H groups in total. The Labute approximate surface area is 121 Å². The summed E-state index contributed by atoms with van der Waals surface area (Å²) in [6, 6.07) is 12.6. The Balaban J connectivity index is 1.88. The van der Waals surface area contributed by atoms with Crippen molar-refractivity contribution in [3.05, 3.63) is 52.5 Å². The molecule has 0 aliphatic carbocycles. The van der Waals surface area contributed by atoms with E-state index in [-0.39, 0.29) is 6.04 Å². The molecule has 0 radical (unpaired) electrons. The molecule has 0 aliphatic heterocycles. The maximum atomic E-state index is 3.95. The molecule has 102 valence electrons. The van der Waals surface area contributed by atoms with Gasteiger partial charge in [-0.25, -0.2) is 0 Å². The number of aromatic nitrogens is 4. The standard InChI is InChI=1S/C14H15N5S/c1-10-7-8-14(20-10)11(2)16-12-5-3-4-6-13(12)19-9-15-17-18-19/h3-9,11,16H,1-2H3. The van der Waals surface area contributed by atoms with Crippen molar-refractivity contribution in [3.8, 4) is 5.69 Å². The predicted molar refractivity (Wildman–Crippen MR) is 80.2 cm³/mol.